The number of rotatable bonds is 2. The maximum atomic E-state index is 12.0. The van der Waals surface area contributed by atoms with E-state index < -0.39 is 5.60 Å². The van der Waals surface area contributed by atoms with Gasteiger partial charge < -0.3 is 9.64 Å². The number of carbonyl (C=O) groups excluding carboxylic acids is 2. The van der Waals surface area contributed by atoms with Gasteiger partial charge in [-0.05, 0) is 51.8 Å². The molecule has 4 nitrogen and oxygen atoms in total. The first-order valence-corrected chi connectivity index (χ1v) is 7.86. The van der Waals surface area contributed by atoms with Gasteiger partial charge in [0.15, 0.2) is 5.78 Å². The van der Waals surface area contributed by atoms with Crippen LogP contribution in [0.4, 0.5) is 4.79 Å². The van der Waals surface area contributed by atoms with Gasteiger partial charge in [-0.15, -0.1) is 11.3 Å². The van der Waals surface area contributed by atoms with Gasteiger partial charge in [-0.3, -0.25) is 4.79 Å². The summed E-state index contributed by atoms with van der Waals surface area (Å²) in [5.41, 5.74) is 0.734. The van der Waals surface area contributed by atoms with Gasteiger partial charge in [0, 0.05) is 18.0 Å². The third-order valence-corrected chi connectivity index (χ3v) is 4.39. The SMILES string of the molecule is CC(=O)c1ccc(C2=CCN(C(=O)OC(C)(C)C)CC2)s1. The monoisotopic (exact) mass is 307 g/mol. The Labute approximate surface area is 129 Å². The summed E-state index contributed by atoms with van der Waals surface area (Å²) in [6, 6.07) is 3.85. The van der Waals surface area contributed by atoms with Crippen molar-refractivity contribution in [2.75, 3.05) is 13.1 Å². The van der Waals surface area contributed by atoms with Crippen molar-refractivity contribution in [3.63, 3.8) is 0 Å². The van der Waals surface area contributed by atoms with E-state index in [1.807, 2.05) is 39.0 Å². The van der Waals surface area contributed by atoms with Gasteiger partial charge in [-0.1, -0.05) is 6.08 Å². The number of amides is 1. The molecule has 1 aliphatic rings. The molecule has 5 heteroatoms. The van der Waals surface area contributed by atoms with E-state index in [-0.39, 0.29) is 11.9 Å². The zero-order chi connectivity index (χ0) is 15.6. The molecule has 2 heterocycles. The summed E-state index contributed by atoms with van der Waals surface area (Å²) < 4.78 is 5.37. The topological polar surface area (TPSA) is 46.6 Å². The molecule has 1 amide bonds. The van der Waals surface area contributed by atoms with Crippen LogP contribution in [0.25, 0.3) is 5.57 Å². The summed E-state index contributed by atoms with van der Waals surface area (Å²) >= 11 is 1.51. The molecule has 1 aliphatic heterocycles. The lowest BCUT2D eigenvalue weighted by Crippen LogP contribution is -2.39. The van der Waals surface area contributed by atoms with Crippen molar-refractivity contribution >= 4 is 28.8 Å². The fraction of sp³-hybridized carbons (Fsp3) is 0.500. The molecule has 0 saturated carbocycles. The molecule has 1 aromatic heterocycles. The quantitative estimate of drug-likeness (QED) is 0.777. The predicted molar refractivity (Wildman–Crippen MR) is 84.7 cm³/mol. The summed E-state index contributed by atoms with van der Waals surface area (Å²) in [6.45, 7) is 8.38. The Morgan fingerprint density at radius 2 is 2.00 bits per heavy atom. The Kier molecular flexibility index (Phi) is 4.52. The summed E-state index contributed by atoms with van der Waals surface area (Å²) in [7, 11) is 0. The zero-order valence-electron chi connectivity index (χ0n) is 12.9. The minimum absolute atomic E-state index is 0.0954. The number of ether oxygens (including phenoxy) is 1. The molecule has 0 saturated heterocycles. The van der Waals surface area contributed by atoms with Crippen LogP contribution in [0.15, 0.2) is 18.2 Å². The Hall–Kier alpha value is -1.62. The molecule has 0 radical (unpaired) electrons. The summed E-state index contributed by atoms with van der Waals surface area (Å²) in [5, 5.41) is 0. The summed E-state index contributed by atoms with van der Waals surface area (Å²) in [4.78, 5) is 26.9. The zero-order valence-corrected chi connectivity index (χ0v) is 13.8. The Balaban J connectivity index is 2.01. The van der Waals surface area contributed by atoms with E-state index in [1.54, 1.807) is 11.8 Å². The van der Waals surface area contributed by atoms with Crippen LogP contribution >= 0.6 is 11.3 Å². The molecule has 1 aromatic rings. The molecule has 0 unspecified atom stereocenters. The van der Waals surface area contributed by atoms with Crippen molar-refractivity contribution < 1.29 is 14.3 Å². The summed E-state index contributed by atoms with van der Waals surface area (Å²) in [5.74, 6) is 0.0954. The van der Waals surface area contributed by atoms with E-state index in [0.717, 1.165) is 16.2 Å². The predicted octanol–water partition coefficient (Wildman–Crippen LogP) is 3.97. The van der Waals surface area contributed by atoms with Crippen molar-refractivity contribution in [2.45, 2.75) is 39.7 Å². The lowest BCUT2D eigenvalue weighted by Gasteiger charge is -2.29. The minimum Gasteiger partial charge on any atom is -0.444 e. The molecule has 21 heavy (non-hydrogen) atoms. The molecule has 0 aromatic carbocycles. The fourth-order valence-corrected chi connectivity index (χ4v) is 3.05. The maximum absolute atomic E-state index is 12.0. The van der Waals surface area contributed by atoms with Gasteiger partial charge >= 0.3 is 6.09 Å². The molecule has 0 N–H and O–H groups in total. The van der Waals surface area contributed by atoms with Gasteiger partial charge in [0.05, 0.1) is 4.88 Å². The Morgan fingerprint density at radius 1 is 1.29 bits per heavy atom. The molecule has 0 aliphatic carbocycles. The Morgan fingerprint density at radius 3 is 2.48 bits per heavy atom. The van der Waals surface area contributed by atoms with Gasteiger partial charge in [-0.25, -0.2) is 4.79 Å². The van der Waals surface area contributed by atoms with E-state index >= 15 is 0 Å². The smallest absolute Gasteiger partial charge is 0.410 e. The normalized spacial score (nSPS) is 15.6. The van der Waals surface area contributed by atoms with Crippen LogP contribution in [0.1, 0.15) is 48.7 Å². The van der Waals surface area contributed by atoms with E-state index in [9.17, 15) is 9.59 Å². The van der Waals surface area contributed by atoms with Gasteiger partial charge in [0.1, 0.15) is 5.60 Å². The summed E-state index contributed by atoms with van der Waals surface area (Å²) in [6.07, 6.45) is 2.56. The van der Waals surface area contributed by atoms with Crippen LogP contribution < -0.4 is 0 Å². The number of Topliss-reactive ketones (excluding diaryl/α,β-unsaturated/α-hetero) is 1. The lowest BCUT2D eigenvalue weighted by atomic mass is 10.1. The second kappa shape index (κ2) is 6.02. The van der Waals surface area contributed by atoms with Gasteiger partial charge in [0.25, 0.3) is 0 Å². The molecule has 0 spiro atoms. The molecule has 114 valence electrons. The molecular formula is C16H21NO3S. The highest BCUT2D eigenvalue weighted by atomic mass is 32.1. The third kappa shape index (κ3) is 4.17. The van der Waals surface area contributed by atoms with Crippen molar-refractivity contribution in [1.29, 1.82) is 0 Å². The molecular weight excluding hydrogens is 286 g/mol. The Bertz CT molecular complexity index is 581. The van der Waals surface area contributed by atoms with Crippen LogP contribution in [-0.4, -0.2) is 35.5 Å². The number of thiophene rings is 1. The first kappa shape index (κ1) is 15.8. The fourth-order valence-electron chi connectivity index (χ4n) is 2.08. The van der Waals surface area contributed by atoms with Crippen molar-refractivity contribution in [2.24, 2.45) is 0 Å². The van der Waals surface area contributed by atoms with E-state index in [2.05, 4.69) is 0 Å². The molecule has 2 rings (SSSR count). The van der Waals surface area contributed by atoms with E-state index in [0.29, 0.717) is 13.1 Å². The van der Waals surface area contributed by atoms with E-state index in [4.69, 9.17) is 4.74 Å². The first-order chi connectivity index (χ1) is 9.76. The van der Waals surface area contributed by atoms with Crippen LogP contribution in [0.5, 0.6) is 0 Å². The van der Waals surface area contributed by atoms with Crippen molar-refractivity contribution in [1.82, 2.24) is 4.90 Å². The number of hydrogen-bond donors (Lipinski definition) is 0. The van der Waals surface area contributed by atoms with Crippen LogP contribution in [0, 0.1) is 0 Å². The third-order valence-electron chi connectivity index (χ3n) is 3.13. The lowest BCUT2D eigenvalue weighted by molar-refractivity contribution is 0.0270. The van der Waals surface area contributed by atoms with Crippen molar-refractivity contribution in [3.05, 3.63) is 28.0 Å². The molecule has 0 atom stereocenters. The van der Waals surface area contributed by atoms with E-state index in [1.165, 1.54) is 16.9 Å². The number of nitrogens with zero attached hydrogens (tertiary/aromatic N) is 1. The highest BCUT2D eigenvalue weighted by molar-refractivity contribution is 7.15. The van der Waals surface area contributed by atoms with Gasteiger partial charge in [-0.2, -0.15) is 0 Å². The number of hydrogen-bond acceptors (Lipinski definition) is 4. The standard InChI is InChI=1S/C16H21NO3S/c1-11(18)13-5-6-14(21-13)12-7-9-17(10-8-12)15(19)20-16(2,3)4/h5-7H,8-10H2,1-4H3. The minimum atomic E-state index is -0.467. The average Bonchev–Trinajstić information content (AvgIpc) is 2.86. The highest BCUT2D eigenvalue weighted by Crippen LogP contribution is 2.29. The first-order valence-electron chi connectivity index (χ1n) is 7.04. The highest BCUT2D eigenvalue weighted by Gasteiger charge is 2.24. The number of carbonyl (C=O) groups is 2. The largest absolute Gasteiger partial charge is 0.444 e. The second-order valence-corrected chi connectivity index (χ2v) is 7.21. The van der Waals surface area contributed by atoms with Crippen LogP contribution in [0.2, 0.25) is 0 Å². The van der Waals surface area contributed by atoms with Crippen molar-refractivity contribution in [3.8, 4) is 0 Å². The number of ketones is 1. The maximum Gasteiger partial charge on any atom is 0.410 e. The van der Waals surface area contributed by atoms with Crippen LogP contribution in [-0.2, 0) is 4.74 Å². The average molecular weight is 307 g/mol. The van der Waals surface area contributed by atoms with Crippen LogP contribution in [0.3, 0.4) is 0 Å². The second-order valence-electron chi connectivity index (χ2n) is 6.13. The molecule has 0 bridgehead atoms. The van der Waals surface area contributed by atoms with Gasteiger partial charge in [0.2, 0.25) is 0 Å². The molecule has 0 fully saturated rings.